The van der Waals surface area contributed by atoms with Gasteiger partial charge in [0.1, 0.15) is 23.4 Å². The third kappa shape index (κ3) is 8.86. The Balaban J connectivity index is 1.35. The molecule has 1 aromatic carbocycles. The van der Waals surface area contributed by atoms with Crippen LogP contribution in [0.1, 0.15) is 40.5 Å². The monoisotopic (exact) mass is 684 g/mol. The predicted molar refractivity (Wildman–Crippen MR) is 177 cm³/mol. The fraction of sp³-hybridized carbons (Fsp3) is 0.545. The number of nitrogens with one attached hydrogen (secondary N) is 4. The molecule has 0 spiro atoms. The molecule has 0 radical (unpaired) electrons. The van der Waals surface area contributed by atoms with E-state index in [2.05, 4.69) is 30.7 Å². The van der Waals surface area contributed by atoms with E-state index in [1.807, 2.05) is 0 Å². The Kier molecular flexibility index (Phi) is 11.9. The Morgan fingerprint density at radius 1 is 0.755 bits per heavy atom. The number of hydrogen-bond donors (Lipinski definition) is 4. The fourth-order valence-electron chi connectivity index (χ4n) is 5.90. The van der Waals surface area contributed by atoms with Gasteiger partial charge in [0.25, 0.3) is 0 Å². The summed E-state index contributed by atoms with van der Waals surface area (Å²) in [5, 5.41) is 11.0. The lowest BCUT2D eigenvalue weighted by molar-refractivity contribution is -0.134. The molecule has 2 aromatic rings. The van der Waals surface area contributed by atoms with Gasteiger partial charge in [-0.05, 0) is 42.9 Å². The number of carbonyl (C=O) groups excluding carboxylic acids is 6. The standard InChI is InChI=1S/C33H44N6O10/c1-17(2)25(36-32(45)47-5)29(42)38-11-9-20(15-38)27(40)34-22-8-7-19-13-23(31(44)49-24(19)14-22)35-28(41)21-10-12-39(16-21)30(43)26(18(3)4)37-33(46)48-6/h7-8,13-14,17-18,20-21,25-26H,9-12,15-16H2,1-6H3,(H,34,40)(H,35,41)(H,36,45)(H,37,46)/t20-,21-,25-,26-/m0/s1. The van der Waals surface area contributed by atoms with E-state index >= 15 is 0 Å². The van der Waals surface area contributed by atoms with E-state index in [-0.39, 0.29) is 53.9 Å². The molecular formula is C33H44N6O10. The van der Waals surface area contributed by atoms with Gasteiger partial charge in [-0.3, -0.25) is 19.2 Å². The molecule has 49 heavy (non-hydrogen) atoms. The first kappa shape index (κ1) is 36.7. The van der Waals surface area contributed by atoms with E-state index in [0.717, 1.165) is 0 Å². The highest BCUT2D eigenvalue weighted by molar-refractivity contribution is 5.98. The zero-order chi connectivity index (χ0) is 36.0. The number of fused-ring (bicyclic) bond motifs is 1. The van der Waals surface area contributed by atoms with Crippen LogP contribution in [0.15, 0.2) is 33.5 Å². The smallest absolute Gasteiger partial charge is 0.407 e. The molecule has 16 nitrogen and oxygen atoms in total. The summed E-state index contributed by atoms with van der Waals surface area (Å²) in [7, 11) is 2.43. The molecule has 2 aliphatic heterocycles. The van der Waals surface area contributed by atoms with E-state index < -0.39 is 47.6 Å². The number of methoxy groups -OCH3 is 2. The Morgan fingerprint density at radius 2 is 1.24 bits per heavy atom. The van der Waals surface area contributed by atoms with Crippen molar-refractivity contribution in [2.75, 3.05) is 51.0 Å². The SMILES string of the molecule is COC(=O)N[C@H](C(=O)N1CC[C@H](C(=O)Nc2ccc3cc(NC(=O)[C@H]4CCN(C(=O)[C@@H](NC(=O)OC)C(C)C)C4)c(=O)oc3c2)C1)C(C)C. The molecule has 0 aliphatic carbocycles. The van der Waals surface area contributed by atoms with Crippen LogP contribution in [0.5, 0.6) is 0 Å². The Hall–Kier alpha value is -5.15. The average Bonchev–Trinajstić information content (AvgIpc) is 3.77. The maximum atomic E-state index is 13.1. The summed E-state index contributed by atoms with van der Waals surface area (Å²) < 4.78 is 14.7. The summed E-state index contributed by atoms with van der Waals surface area (Å²) in [5.74, 6) is -2.84. The van der Waals surface area contributed by atoms with Crippen molar-refractivity contribution >= 4 is 58.2 Å². The zero-order valence-corrected chi connectivity index (χ0v) is 28.5. The van der Waals surface area contributed by atoms with Crippen molar-refractivity contribution in [2.24, 2.45) is 23.7 Å². The first-order valence-corrected chi connectivity index (χ1v) is 16.2. The summed E-state index contributed by atoms with van der Waals surface area (Å²) in [6, 6.07) is 4.65. The van der Waals surface area contributed by atoms with Crippen molar-refractivity contribution in [3.05, 3.63) is 34.7 Å². The molecule has 4 atom stereocenters. The van der Waals surface area contributed by atoms with E-state index in [1.54, 1.807) is 44.7 Å². The fourth-order valence-corrected chi connectivity index (χ4v) is 5.90. The van der Waals surface area contributed by atoms with Gasteiger partial charge in [0.15, 0.2) is 0 Å². The number of hydrogen-bond acceptors (Lipinski definition) is 10. The van der Waals surface area contributed by atoms with Crippen LogP contribution in [-0.4, -0.2) is 98.1 Å². The highest BCUT2D eigenvalue weighted by Crippen LogP contribution is 2.25. The molecule has 3 heterocycles. The van der Waals surface area contributed by atoms with Gasteiger partial charge in [-0.15, -0.1) is 0 Å². The number of likely N-dealkylation sites (tertiary alicyclic amines) is 2. The Morgan fingerprint density at radius 3 is 1.71 bits per heavy atom. The highest BCUT2D eigenvalue weighted by Gasteiger charge is 2.37. The minimum absolute atomic E-state index is 0.0661. The predicted octanol–water partition coefficient (Wildman–Crippen LogP) is 2.13. The summed E-state index contributed by atoms with van der Waals surface area (Å²) in [5.41, 5.74) is -0.286. The van der Waals surface area contributed by atoms with Crippen molar-refractivity contribution in [3.8, 4) is 0 Å². The van der Waals surface area contributed by atoms with Crippen molar-refractivity contribution in [3.63, 3.8) is 0 Å². The maximum absolute atomic E-state index is 13.1. The number of nitrogens with zero attached hydrogens (tertiary/aromatic N) is 2. The summed E-state index contributed by atoms with van der Waals surface area (Å²) in [4.78, 5) is 91.6. The third-order valence-electron chi connectivity index (χ3n) is 8.79. The Labute approximate surface area is 283 Å². The lowest BCUT2D eigenvalue weighted by Crippen LogP contribution is -2.50. The van der Waals surface area contributed by atoms with Gasteiger partial charge in [0.05, 0.1) is 26.1 Å². The summed E-state index contributed by atoms with van der Waals surface area (Å²) in [6.45, 7) is 8.15. The van der Waals surface area contributed by atoms with Crippen LogP contribution in [0, 0.1) is 23.7 Å². The molecule has 2 fully saturated rings. The number of ether oxygens (including phenoxy) is 2. The van der Waals surface area contributed by atoms with Gasteiger partial charge in [-0.25, -0.2) is 14.4 Å². The van der Waals surface area contributed by atoms with Crippen molar-refractivity contribution in [1.29, 1.82) is 0 Å². The van der Waals surface area contributed by atoms with Gasteiger partial charge >= 0.3 is 17.8 Å². The van der Waals surface area contributed by atoms with Crippen molar-refractivity contribution in [2.45, 2.75) is 52.6 Å². The first-order chi connectivity index (χ1) is 23.2. The molecule has 266 valence electrons. The molecule has 6 amide bonds. The van der Waals surface area contributed by atoms with Gasteiger partial charge in [-0.2, -0.15) is 0 Å². The van der Waals surface area contributed by atoms with Crippen LogP contribution in [-0.2, 0) is 28.7 Å². The minimum atomic E-state index is -0.812. The molecule has 4 N–H and O–H groups in total. The van der Waals surface area contributed by atoms with E-state index in [0.29, 0.717) is 37.0 Å². The van der Waals surface area contributed by atoms with Crippen LogP contribution in [0.2, 0.25) is 0 Å². The molecular weight excluding hydrogens is 640 g/mol. The van der Waals surface area contributed by atoms with E-state index in [1.165, 1.54) is 31.3 Å². The van der Waals surface area contributed by atoms with Crippen molar-refractivity contribution < 1.29 is 42.7 Å². The van der Waals surface area contributed by atoms with Crippen LogP contribution in [0.3, 0.4) is 0 Å². The number of amides is 6. The topological polar surface area (TPSA) is 206 Å². The molecule has 0 unspecified atom stereocenters. The number of alkyl carbamates (subject to hydrolysis) is 2. The Bertz CT molecular complexity index is 1660. The molecule has 2 saturated heterocycles. The number of anilines is 2. The largest absolute Gasteiger partial charge is 0.453 e. The summed E-state index contributed by atoms with van der Waals surface area (Å²) in [6.07, 6.45) is -0.626. The molecule has 2 aliphatic rings. The highest BCUT2D eigenvalue weighted by atomic mass is 16.5. The van der Waals surface area contributed by atoms with Crippen LogP contribution < -0.4 is 26.9 Å². The van der Waals surface area contributed by atoms with Gasteiger partial charge in [-0.1, -0.05) is 27.7 Å². The van der Waals surface area contributed by atoms with E-state index in [4.69, 9.17) is 4.42 Å². The van der Waals surface area contributed by atoms with Gasteiger partial charge in [0, 0.05) is 43.3 Å². The third-order valence-corrected chi connectivity index (χ3v) is 8.79. The van der Waals surface area contributed by atoms with Gasteiger partial charge in [0.2, 0.25) is 23.6 Å². The zero-order valence-electron chi connectivity index (χ0n) is 28.5. The first-order valence-electron chi connectivity index (χ1n) is 16.2. The second-order valence-corrected chi connectivity index (χ2v) is 12.9. The molecule has 16 heteroatoms. The van der Waals surface area contributed by atoms with Crippen molar-refractivity contribution in [1.82, 2.24) is 20.4 Å². The second-order valence-electron chi connectivity index (χ2n) is 12.9. The number of benzene rings is 1. The second kappa shape index (κ2) is 15.8. The lowest BCUT2D eigenvalue weighted by Gasteiger charge is -2.26. The molecule has 0 saturated carbocycles. The number of rotatable bonds is 10. The van der Waals surface area contributed by atoms with Crippen LogP contribution in [0.4, 0.5) is 21.0 Å². The molecule has 1 aromatic heterocycles. The summed E-state index contributed by atoms with van der Waals surface area (Å²) >= 11 is 0. The molecule has 0 bridgehead atoms. The lowest BCUT2D eigenvalue weighted by atomic mass is 10.0. The number of carbonyl (C=O) groups is 6. The molecule has 4 rings (SSSR count). The van der Waals surface area contributed by atoms with Crippen LogP contribution >= 0.6 is 0 Å². The minimum Gasteiger partial charge on any atom is -0.453 e. The quantitative estimate of drug-likeness (QED) is 0.268. The van der Waals surface area contributed by atoms with Crippen LogP contribution in [0.25, 0.3) is 11.0 Å². The average molecular weight is 685 g/mol. The normalized spacial score (nSPS) is 18.6. The van der Waals surface area contributed by atoms with Gasteiger partial charge < -0.3 is 45.0 Å². The maximum Gasteiger partial charge on any atom is 0.407 e. The van der Waals surface area contributed by atoms with E-state index in [9.17, 15) is 33.6 Å².